The van der Waals surface area contributed by atoms with Gasteiger partial charge in [0.25, 0.3) is 11.4 Å². The third-order valence-electron chi connectivity index (χ3n) is 2.20. The third kappa shape index (κ3) is 3.32. The van der Waals surface area contributed by atoms with E-state index in [9.17, 15) is 4.79 Å². The second kappa shape index (κ2) is 6.58. The van der Waals surface area contributed by atoms with Crippen LogP contribution in [-0.2, 0) is 6.54 Å². The first kappa shape index (κ1) is 15.3. The van der Waals surface area contributed by atoms with E-state index in [1.54, 1.807) is 0 Å². The summed E-state index contributed by atoms with van der Waals surface area (Å²) >= 11 is 23.0. The lowest BCUT2D eigenvalue weighted by atomic mass is 10.5. The molecule has 0 aliphatic heterocycles. The zero-order valence-electron chi connectivity index (χ0n) is 9.69. The van der Waals surface area contributed by atoms with Crippen LogP contribution in [0.2, 0.25) is 20.1 Å². The van der Waals surface area contributed by atoms with Gasteiger partial charge in [0.05, 0.1) is 29.0 Å². The number of aromatic nitrogens is 4. The summed E-state index contributed by atoms with van der Waals surface area (Å²) in [7, 11) is 0. The van der Waals surface area contributed by atoms with Crippen LogP contribution < -0.4 is 10.3 Å². The van der Waals surface area contributed by atoms with Gasteiger partial charge in [-0.1, -0.05) is 46.4 Å². The fraction of sp³-hybridized carbons (Fsp3) is 0.200. The lowest BCUT2D eigenvalue weighted by molar-refractivity contribution is 0.275. The quantitative estimate of drug-likeness (QED) is 0.843. The van der Waals surface area contributed by atoms with Crippen molar-refractivity contribution in [2.45, 2.75) is 6.54 Å². The summed E-state index contributed by atoms with van der Waals surface area (Å²) in [5.74, 6) is 0.0762. The lowest BCUT2D eigenvalue weighted by Crippen LogP contribution is -2.26. The van der Waals surface area contributed by atoms with Crippen LogP contribution in [0, 0.1) is 0 Å². The molecule has 0 aliphatic carbocycles. The van der Waals surface area contributed by atoms with Crippen molar-refractivity contribution in [3.05, 3.63) is 42.8 Å². The molecule has 0 bridgehead atoms. The van der Waals surface area contributed by atoms with E-state index in [0.29, 0.717) is 0 Å². The van der Waals surface area contributed by atoms with Crippen LogP contribution >= 0.6 is 46.4 Å². The number of hydrogen-bond acceptors (Lipinski definition) is 5. The molecule has 2 heterocycles. The van der Waals surface area contributed by atoms with Crippen molar-refractivity contribution in [2.75, 3.05) is 6.61 Å². The standard InChI is InChI=1S/C10H6Cl4N4O2/c11-5-3-15-17-9(7(5)13)20-2-1-18-10(19)8(14)6(12)4-16-18/h3-4H,1-2H2. The molecule has 0 spiro atoms. The molecule has 2 aromatic rings. The van der Waals surface area contributed by atoms with Gasteiger partial charge in [0.2, 0.25) is 0 Å². The highest BCUT2D eigenvalue weighted by Gasteiger charge is 2.10. The molecule has 10 heteroatoms. The Morgan fingerprint density at radius 2 is 1.80 bits per heavy atom. The molecule has 106 valence electrons. The van der Waals surface area contributed by atoms with Gasteiger partial charge >= 0.3 is 0 Å². The minimum atomic E-state index is -0.508. The molecule has 2 aromatic heterocycles. The Balaban J connectivity index is 2.05. The van der Waals surface area contributed by atoms with Crippen LogP contribution in [-0.4, -0.2) is 26.6 Å². The third-order valence-corrected chi connectivity index (χ3v) is 3.70. The van der Waals surface area contributed by atoms with Crippen molar-refractivity contribution in [3.63, 3.8) is 0 Å². The van der Waals surface area contributed by atoms with Crippen LogP contribution in [0.1, 0.15) is 0 Å². The molecule has 0 saturated heterocycles. The smallest absolute Gasteiger partial charge is 0.287 e. The summed E-state index contributed by atoms with van der Waals surface area (Å²) < 4.78 is 6.39. The molecule has 0 fully saturated rings. The van der Waals surface area contributed by atoms with Gasteiger partial charge in [-0.25, -0.2) is 4.68 Å². The van der Waals surface area contributed by atoms with E-state index < -0.39 is 5.56 Å². The highest BCUT2D eigenvalue weighted by molar-refractivity contribution is 6.42. The molecule has 0 atom stereocenters. The maximum absolute atomic E-state index is 11.7. The van der Waals surface area contributed by atoms with E-state index in [4.69, 9.17) is 51.1 Å². The van der Waals surface area contributed by atoms with E-state index in [1.165, 1.54) is 12.4 Å². The summed E-state index contributed by atoms with van der Waals surface area (Å²) in [5.41, 5.74) is -0.508. The van der Waals surface area contributed by atoms with E-state index in [1.807, 2.05) is 0 Å². The van der Waals surface area contributed by atoms with Gasteiger partial charge in [0, 0.05) is 0 Å². The molecule has 0 unspecified atom stereocenters. The Bertz CT molecular complexity index is 691. The van der Waals surface area contributed by atoms with Crippen molar-refractivity contribution in [1.29, 1.82) is 0 Å². The summed E-state index contributed by atoms with van der Waals surface area (Å²) in [5, 5.41) is 11.5. The maximum Gasteiger partial charge on any atom is 0.287 e. The monoisotopic (exact) mass is 354 g/mol. The fourth-order valence-corrected chi connectivity index (χ4v) is 1.80. The van der Waals surface area contributed by atoms with Crippen LogP contribution in [0.25, 0.3) is 0 Å². The first-order valence-corrected chi connectivity index (χ1v) is 6.72. The zero-order valence-corrected chi connectivity index (χ0v) is 12.7. The van der Waals surface area contributed by atoms with Crippen molar-refractivity contribution < 1.29 is 4.74 Å². The fourth-order valence-electron chi connectivity index (χ4n) is 1.26. The van der Waals surface area contributed by atoms with E-state index in [-0.39, 0.29) is 39.1 Å². The highest BCUT2D eigenvalue weighted by Crippen LogP contribution is 2.28. The minimum absolute atomic E-state index is 0.0762. The van der Waals surface area contributed by atoms with Crippen LogP contribution in [0.5, 0.6) is 5.88 Å². The first-order valence-electron chi connectivity index (χ1n) is 5.21. The number of nitrogens with zero attached hydrogens (tertiary/aromatic N) is 4. The Morgan fingerprint density at radius 3 is 2.55 bits per heavy atom. The Hall–Kier alpha value is -1.08. The summed E-state index contributed by atoms with van der Waals surface area (Å²) in [6.07, 6.45) is 2.57. The lowest BCUT2D eigenvalue weighted by Gasteiger charge is -2.08. The van der Waals surface area contributed by atoms with E-state index in [2.05, 4.69) is 15.3 Å². The van der Waals surface area contributed by atoms with Crippen LogP contribution in [0.4, 0.5) is 0 Å². The predicted octanol–water partition coefficient (Wildman–Crippen LogP) is 2.73. The van der Waals surface area contributed by atoms with E-state index >= 15 is 0 Å². The first-order chi connectivity index (χ1) is 9.50. The molecule has 0 aromatic carbocycles. The highest BCUT2D eigenvalue weighted by atomic mass is 35.5. The van der Waals surface area contributed by atoms with Gasteiger partial charge in [-0.2, -0.15) is 10.2 Å². The molecule has 0 radical (unpaired) electrons. The molecule has 0 saturated carbocycles. The average molecular weight is 356 g/mol. The van der Waals surface area contributed by atoms with E-state index in [0.717, 1.165) is 4.68 Å². The largest absolute Gasteiger partial charge is 0.474 e. The Kier molecular flexibility index (Phi) is 5.04. The number of rotatable bonds is 4. The summed E-state index contributed by atoms with van der Waals surface area (Å²) in [6.45, 7) is 0.222. The molecular weight excluding hydrogens is 350 g/mol. The number of ether oxygens (including phenoxy) is 1. The Labute approximate surface area is 133 Å². The number of hydrogen-bond donors (Lipinski definition) is 0. The minimum Gasteiger partial charge on any atom is -0.474 e. The van der Waals surface area contributed by atoms with Crippen molar-refractivity contribution >= 4 is 46.4 Å². The molecule has 0 N–H and O–H groups in total. The molecule has 20 heavy (non-hydrogen) atoms. The second-order valence-corrected chi connectivity index (χ2v) is 5.07. The van der Waals surface area contributed by atoms with Crippen LogP contribution in [0.3, 0.4) is 0 Å². The SMILES string of the molecule is O=c1c(Cl)c(Cl)cnn1CCOc1nncc(Cl)c1Cl. The zero-order chi connectivity index (χ0) is 14.7. The second-order valence-electron chi connectivity index (χ2n) is 3.49. The van der Waals surface area contributed by atoms with Gasteiger partial charge in [-0.3, -0.25) is 4.79 Å². The van der Waals surface area contributed by atoms with Crippen molar-refractivity contribution in [2.24, 2.45) is 0 Å². The van der Waals surface area contributed by atoms with Crippen molar-refractivity contribution in [3.8, 4) is 5.88 Å². The molecular formula is C10H6Cl4N4O2. The molecule has 0 amide bonds. The topological polar surface area (TPSA) is 69.9 Å². The number of halogens is 4. The Morgan fingerprint density at radius 1 is 1.10 bits per heavy atom. The van der Waals surface area contributed by atoms with Gasteiger partial charge in [0.15, 0.2) is 0 Å². The normalized spacial score (nSPS) is 10.6. The molecule has 6 nitrogen and oxygen atoms in total. The predicted molar refractivity (Wildman–Crippen MR) is 76.1 cm³/mol. The molecule has 0 aliphatic rings. The molecule has 2 rings (SSSR count). The summed E-state index contributed by atoms with van der Waals surface area (Å²) in [4.78, 5) is 11.7. The van der Waals surface area contributed by atoms with Gasteiger partial charge < -0.3 is 4.74 Å². The van der Waals surface area contributed by atoms with Crippen LogP contribution in [0.15, 0.2) is 17.2 Å². The average Bonchev–Trinajstić information content (AvgIpc) is 2.43. The van der Waals surface area contributed by atoms with Gasteiger partial charge in [-0.05, 0) is 0 Å². The summed E-state index contributed by atoms with van der Waals surface area (Å²) in [6, 6.07) is 0. The van der Waals surface area contributed by atoms with Gasteiger partial charge in [0.1, 0.15) is 16.7 Å². The maximum atomic E-state index is 11.7. The van der Waals surface area contributed by atoms with Crippen molar-refractivity contribution in [1.82, 2.24) is 20.0 Å². The van der Waals surface area contributed by atoms with Gasteiger partial charge in [-0.15, -0.1) is 5.10 Å².